The Bertz CT molecular complexity index is 1310. The van der Waals surface area contributed by atoms with Gasteiger partial charge >= 0.3 is 12.1 Å². The average molecular weight is 542 g/mol. The molecule has 1 heterocycles. The third-order valence-corrected chi connectivity index (χ3v) is 7.68. The van der Waals surface area contributed by atoms with Crippen LogP contribution in [0.25, 0.3) is 11.1 Å². The first-order chi connectivity index (χ1) is 18.4. The standard InChI is InChI=1S/C32H35F4NO2/c1-4-6-24(30(38)39)17-22-7-5-8-27(21-9-12-25(13-10-21)32(34,35)36)28(22)18-23-11-14-26(33)19-29(23)37-16-15-31(2,3)20-37/h5,7-14,19,24H,4,6,15-18,20H2,1-3H3,(H,38,39). The molecular formula is C32H35F4NO2. The van der Waals surface area contributed by atoms with Crippen molar-refractivity contribution in [2.45, 2.75) is 59.1 Å². The summed E-state index contributed by atoms with van der Waals surface area (Å²) in [5.41, 5.74) is 4.13. The highest BCUT2D eigenvalue weighted by molar-refractivity contribution is 5.73. The number of carbonyl (C=O) groups is 1. The van der Waals surface area contributed by atoms with Crippen molar-refractivity contribution in [3.05, 3.63) is 88.7 Å². The van der Waals surface area contributed by atoms with Crippen LogP contribution in [-0.4, -0.2) is 24.2 Å². The molecular weight excluding hydrogens is 506 g/mol. The van der Waals surface area contributed by atoms with Crippen LogP contribution in [-0.2, 0) is 23.8 Å². The average Bonchev–Trinajstić information content (AvgIpc) is 3.24. The summed E-state index contributed by atoms with van der Waals surface area (Å²) in [6.07, 6.45) is -1.52. The first-order valence-electron chi connectivity index (χ1n) is 13.4. The summed E-state index contributed by atoms with van der Waals surface area (Å²) in [4.78, 5) is 14.2. The maximum atomic E-state index is 14.5. The molecule has 4 rings (SSSR count). The monoisotopic (exact) mass is 541 g/mol. The van der Waals surface area contributed by atoms with Gasteiger partial charge in [-0.1, -0.05) is 63.6 Å². The van der Waals surface area contributed by atoms with E-state index < -0.39 is 23.6 Å². The molecule has 3 aromatic rings. The minimum atomic E-state index is -4.44. The number of alkyl halides is 3. The Labute approximate surface area is 227 Å². The van der Waals surface area contributed by atoms with Gasteiger partial charge in [-0.2, -0.15) is 13.2 Å². The zero-order valence-corrected chi connectivity index (χ0v) is 22.6. The maximum absolute atomic E-state index is 14.5. The smallest absolute Gasteiger partial charge is 0.416 e. The van der Waals surface area contributed by atoms with Crippen molar-refractivity contribution in [2.75, 3.05) is 18.0 Å². The highest BCUT2D eigenvalue weighted by Gasteiger charge is 2.32. The number of benzene rings is 3. The first kappa shape index (κ1) is 28.7. The fraction of sp³-hybridized carbons (Fsp3) is 0.406. The van der Waals surface area contributed by atoms with Crippen LogP contribution in [0.1, 0.15) is 62.3 Å². The molecule has 1 aliphatic heterocycles. The van der Waals surface area contributed by atoms with E-state index in [1.165, 1.54) is 18.2 Å². The van der Waals surface area contributed by atoms with Gasteiger partial charge in [0.2, 0.25) is 0 Å². The van der Waals surface area contributed by atoms with Crippen molar-refractivity contribution < 1.29 is 27.5 Å². The number of anilines is 1. The third kappa shape index (κ3) is 6.81. The fourth-order valence-electron chi connectivity index (χ4n) is 5.56. The van der Waals surface area contributed by atoms with Crippen molar-refractivity contribution in [3.63, 3.8) is 0 Å². The molecule has 1 aliphatic rings. The molecule has 7 heteroatoms. The van der Waals surface area contributed by atoms with Gasteiger partial charge in [0.15, 0.2) is 0 Å². The molecule has 3 aromatic carbocycles. The van der Waals surface area contributed by atoms with E-state index in [0.29, 0.717) is 24.8 Å². The van der Waals surface area contributed by atoms with E-state index in [9.17, 15) is 27.5 Å². The second-order valence-electron chi connectivity index (χ2n) is 11.3. The third-order valence-electron chi connectivity index (χ3n) is 7.68. The van der Waals surface area contributed by atoms with E-state index in [1.807, 2.05) is 25.1 Å². The molecule has 0 radical (unpaired) electrons. The molecule has 0 spiro atoms. The highest BCUT2D eigenvalue weighted by atomic mass is 19.4. The molecule has 1 unspecified atom stereocenters. The van der Waals surface area contributed by atoms with Crippen LogP contribution < -0.4 is 4.90 Å². The Balaban J connectivity index is 1.82. The molecule has 0 aliphatic carbocycles. The number of rotatable bonds is 9. The summed E-state index contributed by atoms with van der Waals surface area (Å²) in [7, 11) is 0. The number of carboxylic acid groups (broad SMARTS) is 1. The van der Waals surface area contributed by atoms with Crippen LogP contribution in [0.3, 0.4) is 0 Å². The normalized spacial score (nSPS) is 15.9. The zero-order chi connectivity index (χ0) is 28.4. The van der Waals surface area contributed by atoms with E-state index in [0.717, 1.165) is 66.0 Å². The second-order valence-corrected chi connectivity index (χ2v) is 11.3. The topological polar surface area (TPSA) is 40.5 Å². The lowest BCUT2D eigenvalue weighted by molar-refractivity contribution is -0.142. The van der Waals surface area contributed by atoms with Gasteiger partial charge in [-0.25, -0.2) is 4.39 Å². The summed E-state index contributed by atoms with van der Waals surface area (Å²) in [5.74, 6) is -1.78. The quantitative estimate of drug-likeness (QED) is 0.277. The molecule has 1 saturated heterocycles. The predicted octanol–water partition coefficient (Wildman–Crippen LogP) is 8.38. The van der Waals surface area contributed by atoms with Crippen LogP contribution in [0, 0.1) is 17.2 Å². The Morgan fingerprint density at radius 1 is 1.05 bits per heavy atom. The van der Waals surface area contributed by atoms with Crippen molar-refractivity contribution >= 4 is 11.7 Å². The van der Waals surface area contributed by atoms with Crippen molar-refractivity contribution in [1.29, 1.82) is 0 Å². The number of halogens is 4. The molecule has 3 nitrogen and oxygen atoms in total. The fourth-order valence-corrected chi connectivity index (χ4v) is 5.56. The zero-order valence-electron chi connectivity index (χ0n) is 22.6. The molecule has 0 aromatic heterocycles. The number of nitrogens with zero attached hydrogens (tertiary/aromatic N) is 1. The van der Waals surface area contributed by atoms with Crippen LogP contribution in [0.15, 0.2) is 60.7 Å². The van der Waals surface area contributed by atoms with Gasteiger partial charge in [-0.05, 0) is 76.8 Å². The van der Waals surface area contributed by atoms with Gasteiger partial charge < -0.3 is 10.0 Å². The molecule has 208 valence electrons. The van der Waals surface area contributed by atoms with Gasteiger partial charge in [0, 0.05) is 25.2 Å². The molecule has 1 fully saturated rings. The van der Waals surface area contributed by atoms with E-state index in [-0.39, 0.29) is 11.2 Å². The minimum Gasteiger partial charge on any atom is -0.481 e. The summed E-state index contributed by atoms with van der Waals surface area (Å²) < 4.78 is 54.2. The van der Waals surface area contributed by atoms with Crippen LogP contribution >= 0.6 is 0 Å². The minimum absolute atomic E-state index is 0.0990. The maximum Gasteiger partial charge on any atom is 0.416 e. The van der Waals surface area contributed by atoms with Crippen LogP contribution in [0.2, 0.25) is 0 Å². The van der Waals surface area contributed by atoms with Crippen molar-refractivity contribution in [2.24, 2.45) is 11.3 Å². The van der Waals surface area contributed by atoms with E-state index in [1.54, 1.807) is 12.1 Å². The predicted molar refractivity (Wildman–Crippen MR) is 146 cm³/mol. The van der Waals surface area contributed by atoms with Crippen LogP contribution in [0.5, 0.6) is 0 Å². The molecule has 0 saturated carbocycles. The Kier molecular flexibility index (Phi) is 8.38. The van der Waals surface area contributed by atoms with Gasteiger partial charge in [0.05, 0.1) is 11.5 Å². The summed E-state index contributed by atoms with van der Waals surface area (Å²) in [6, 6.07) is 15.4. The number of aliphatic carboxylic acids is 1. The number of hydrogen-bond donors (Lipinski definition) is 1. The summed E-state index contributed by atoms with van der Waals surface area (Å²) in [5, 5.41) is 9.85. The SMILES string of the molecule is CCCC(Cc1cccc(-c2ccc(C(F)(F)F)cc2)c1Cc1ccc(F)cc1N1CCC(C)(C)C1)C(=O)O. The molecule has 39 heavy (non-hydrogen) atoms. The van der Waals surface area contributed by atoms with Crippen molar-refractivity contribution in [1.82, 2.24) is 0 Å². The number of hydrogen-bond acceptors (Lipinski definition) is 2. The largest absolute Gasteiger partial charge is 0.481 e. The lowest BCUT2D eigenvalue weighted by atomic mass is 9.85. The lowest BCUT2D eigenvalue weighted by Crippen LogP contribution is -2.24. The van der Waals surface area contributed by atoms with Crippen molar-refractivity contribution in [3.8, 4) is 11.1 Å². The van der Waals surface area contributed by atoms with E-state index in [4.69, 9.17) is 0 Å². The van der Waals surface area contributed by atoms with Crippen LogP contribution in [0.4, 0.5) is 23.2 Å². The van der Waals surface area contributed by atoms with Gasteiger partial charge in [0.25, 0.3) is 0 Å². The Morgan fingerprint density at radius 3 is 2.36 bits per heavy atom. The van der Waals surface area contributed by atoms with E-state index in [2.05, 4.69) is 18.7 Å². The lowest BCUT2D eigenvalue weighted by Gasteiger charge is -2.25. The van der Waals surface area contributed by atoms with Gasteiger partial charge in [0.1, 0.15) is 5.82 Å². The van der Waals surface area contributed by atoms with Gasteiger partial charge in [-0.15, -0.1) is 0 Å². The molecule has 1 N–H and O–H groups in total. The van der Waals surface area contributed by atoms with E-state index >= 15 is 0 Å². The summed E-state index contributed by atoms with van der Waals surface area (Å²) in [6.45, 7) is 7.90. The second kappa shape index (κ2) is 11.4. The highest BCUT2D eigenvalue weighted by Crippen LogP contribution is 2.38. The Hall–Kier alpha value is -3.35. The molecule has 0 amide bonds. The number of carboxylic acids is 1. The molecule has 0 bridgehead atoms. The Morgan fingerprint density at radius 2 is 1.77 bits per heavy atom. The molecule has 1 atom stereocenters. The first-order valence-corrected chi connectivity index (χ1v) is 13.4. The summed E-state index contributed by atoms with van der Waals surface area (Å²) >= 11 is 0. The van der Waals surface area contributed by atoms with Gasteiger partial charge in [-0.3, -0.25) is 4.79 Å².